The summed E-state index contributed by atoms with van der Waals surface area (Å²) in [6, 6.07) is 14.8. The highest BCUT2D eigenvalue weighted by Crippen LogP contribution is 2.28. The number of carbonyl (C=O) groups excluding carboxylic acids is 2. The second-order valence-corrected chi connectivity index (χ2v) is 9.36. The van der Waals surface area contributed by atoms with Crippen molar-refractivity contribution in [3.8, 4) is 0 Å². The number of benzene rings is 2. The maximum absolute atomic E-state index is 13.3. The first-order chi connectivity index (χ1) is 14.4. The quantitative estimate of drug-likeness (QED) is 0.703. The molecule has 0 atom stereocenters. The minimum absolute atomic E-state index is 0.191. The molecule has 2 amide bonds. The van der Waals surface area contributed by atoms with E-state index in [0.29, 0.717) is 11.4 Å². The van der Waals surface area contributed by atoms with Gasteiger partial charge in [0.05, 0.1) is 11.4 Å². The molecule has 0 saturated heterocycles. The summed E-state index contributed by atoms with van der Waals surface area (Å²) in [5, 5.41) is 5.41. The van der Waals surface area contributed by atoms with E-state index in [1.165, 1.54) is 11.2 Å². The van der Waals surface area contributed by atoms with Crippen molar-refractivity contribution >= 4 is 33.2 Å². The molecule has 1 aliphatic rings. The summed E-state index contributed by atoms with van der Waals surface area (Å²) < 4.78 is 27.9. The van der Waals surface area contributed by atoms with Crippen molar-refractivity contribution in [3.05, 3.63) is 54.6 Å². The third-order valence-corrected chi connectivity index (χ3v) is 7.01. The van der Waals surface area contributed by atoms with Gasteiger partial charge >= 0.3 is 0 Å². The van der Waals surface area contributed by atoms with Gasteiger partial charge in [0.25, 0.3) is 0 Å². The molecule has 1 saturated carbocycles. The average molecular weight is 430 g/mol. The SMILES string of the molecule is CC(=O)Nc1cccc(NC(=O)CN(C2CCCCC2)S(=O)(=O)c2ccccc2)c1. The summed E-state index contributed by atoms with van der Waals surface area (Å²) >= 11 is 0. The van der Waals surface area contributed by atoms with Gasteiger partial charge in [-0.1, -0.05) is 43.5 Å². The van der Waals surface area contributed by atoms with Crippen molar-refractivity contribution in [2.24, 2.45) is 0 Å². The van der Waals surface area contributed by atoms with Crippen molar-refractivity contribution in [3.63, 3.8) is 0 Å². The van der Waals surface area contributed by atoms with Gasteiger partial charge in [-0.3, -0.25) is 9.59 Å². The zero-order chi connectivity index (χ0) is 21.6. The van der Waals surface area contributed by atoms with E-state index in [1.807, 2.05) is 0 Å². The van der Waals surface area contributed by atoms with Gasteiger partial charge < -0.3 is 10.6 Å². The molecule has 2 N–H and O–H groups in total. The van der Waals surface area contributed by atoms with Crippen molar-refractivity contribution < 1.29 is 18.0 Å². The Morgan fingerprint density at radius 3 is 2.20 bits per heavy atom. The van der Waals surface area contributed by atoms with E-state index in [0.717, 1.165) is 32.1 Å². The Bertz CT molecular complexity index is 986. The van der Waals surface area contributed by atoms with Gasteiger partial charge in [0.1, 0.15) is 0 Å². The first-order valence-corrected chi connectivity index (χ1v) is 11.5. The smallest absolute Gasteiger partial charge is 0.243 e. The molecular formula is C22H27N3O4S. The Kier molecular flexibility index (Phi) is 7.23. The summed E-state index contributed by atoms with van der Waals surface area (Å²) in [6.07, 6.45) is 4.48. The predicted octanol–water partition coefficient (Wildman–Crippen LogP) is 3.61. The van der Waals surface area contributed by atoms with Crippen LogP contribution in [0.1, 0.15) is 39.0 Å². The molecule has 1 fully saturated rings. The highest BCUT2D eigenvalue weighted by atomic mass is 32.2. The Labute approximate surface area is 177 Å². The summed E-state index contributed by atoms with van der Waals surface area (Å²) in [6.45, 7) is 1.15. The number of anilines is 2. The molecule has 0 bridgehead atoms. The number of carbonyl (C=O) groups is 2. The predicted molar refractivity (Wildman–Crippen MR) is 117 cm³/mol. The topological polar surface area (TPSA) is 95.6 Å². The number of rotatable bonds is 7. The summed E-state index contributed by atoms with van der Waals surface area (Å²) in [7, 11) is -3.80. The molecule has 2 aromatic rings. The maximum Gasteiger partial charge on any atom is 0.243 e. The third kappa shape index (κ3) is 5.67. The summed E-state index contributed by atoms with van der Waals surface area (Å²) in [4.78, 5) is 24.2. The van der Waals surface area contributed by atoms with Crippen molar-refractivity contribution in [1.82, 2.24) is 4.31 Å². The Morgan fingerprint density at radius 2 is 1.57 bits per heavy atom. The van der Waals surface area contributed by atoms with Crippen LogP contribution in [0, 0.1) is 0 Å². The number of hydrogen-bond donors (Lipinski definition) is 2. The number of sulfonamides is 1. The second-order valence-electron chi connectivity index (χ2n) is 7.47. The van der Waals surface area contributed by atoms with Crippen molar-refractivity contribution in [1.29, 1.82) is 0 Å². The number of hydrogen-bond acceptors (Lipinski definition) is 4. The normalized spacial score (nSPS) is 15.0. The van der Waals surface area contributed by atoms with Crippen LogP contribution in [0.5, 0.6) is 0 Å². The summed E-state index contributed by atoms with van der Waals surface area (Å²) in [5.74, 6) is -0.629. The zero-order valence-corrected chi connectivity index (χ0v) is 17.8. The van der Waals surface area contributed by atoms with Gasteiger partial charge in [0.2, 0.25) is 21.8 Å². The van der Waals surface area contributed by atoms with Crippen LogP contribution in [0.3, 0.4) is 0 Å². The third-order valence-electron chi connectivity index (χ3n) is 5.10. The number of nitrogens with one attached hydrogen (secondary N) is 2. The van der Waals surface area contributed by atoms with E-state index in [1.54, 1.807) is 54.6 Å². The molecule has 0 radical (unpaired) electrons. The first kappa shape index (κ1) is 22.0. The molecule has 0 spiro atoms. The van der Waals surface area contributed by atoms with Crippen LogP contribution in [-0.2, 0) is 19.6 Å². The molecule has 8 heteroatoms. The van der Waals surface area contributed by atoms with Crippen LogP contribution in [0.4, 0.5) is 11.4 Å². The van der Waals surface area contributed by atoms with E-state index < -0.39 is 15.9 Å². The van der Waals surface area contributed by atoms with E-state index in [4.69, 9.17) is 0 Å². The lowest BCUT2D eigenvalue weighted by Crippen LogP contribution is -2.45. The monoisotopic (exact) mass is 429 g/mol. The molecule has 160 valence electrons. The fourth-order valence-corrected chi connectivity index (χ4v) is 5.39. The standard InChI is InChI=1S/C22H27N3O4S/c1-17(26)23-18-9-8-10-19(15-18)24-22(27)16-25(20-11-4-2-5-12-20)30(28,29)21-13-6-3-7-14-21/h3,6-10,13-15,20H,2,4-5,11-12,16H2,1H3,(H,23,26)(H,24,27). The first-order valence-electron chi connectivity index (χ1n) is 10.1. The van der Waals surface area contributed by atoms with E-state index in [9.17, 15) is 18.0 Å². The fraction of sp³-hybridized carbons (Fsp3) is 0.364. The summed E-state index contributed by atoms with van der Waals surface area (Å²) in [5.41, 5.74) is 1.05. The average Bonchev–Trinajstić information content (AvgIpc) is 2.73. The lowest BCUT2D eigenvalue weighted by molar-refractivity contribution is -0.117. The van der Waals surface area contributed by atoms with Crippen LogP contribution in [0.25, 0.3) is 0 Å². The second kappa shape index (κ2) is 9.86. The van der Waals surface area contributed by atoms with Crippen LogP contribution in [0.15, 0.2) is 59.5 Å². The Hall–Kier alpha value is -2.71. The fourth-order valence-electron chi connectivity index (χ4n) is 3.73. The number of amides is 2. The van der Waals surface area contributed by atoms with Gasteiger partial charge in [-0.25, -0.2) is 8.42 Å². The highest BCUT2D eigenvalue weighted by molar-refractivity contribution is 7.89. The lowest BCUT2D eigenvalue weighted by atomic mass is 9.95. The van der Waals surface area contributed by atoms with Crippen molar-refractivity contribution in [2.45, 2.75) is 50.0 Å². The lowest BCUT2D eigenvalue weighted by Gasteiger charge is -2.33. The van der Waals surface area contributed by atoms with E-state index in [2.05, 4.69) is 10.6 Å². The molecule has 2 aromatic carbocycles. The van der Waals surface area contributed by atoms with Crippen LogP contribution >= 0.6 is 0 Å². The Morgan fingerprint density at radius 1 is 0.933 bits per heavy atom. The minimum atomic E-state index is -3.80. The Balaban J connectivity index is 1.79. The van der Waals surface area contributed by atoms with E-state index >= 15 is 0 Å². The van der Waals surface area contributed by atoms with Gasteiger partial charge in [-0.2, -0.15) is 4.31 Å². The van der Waals surface area contributed by atoms with Gasteiger partial charge in [0.15, 0.2) is 0 Å². The van der Waals surface area contributed by atoms with Gasteiger partial charge in [-0.15, -0.1) is 0 Å². The van der Waals surface area contributed by atoms with Crippen LogP contribution in [0.2, 0.25) is 0 Å². The maximum atomic E-state index is 13.3. The van der Waals surface area contributed by atoms with E-state index in [-0.39, 0.29) is 23.4 Å². The van der Waals surface area contributed by atoms with Gasteiger partial charge in [0, 0.05) is 24.3 Å². The molecule has 1 aliphatic carbocycles. The molecule has 0 aromatic heterocycles. The number of nitrogens with zero attached hydrogens (tertiary/aromatic N) is 1. The van der Waals surface area contributed by atoms with Crippen LogP contribution in [-0.4, -0.2) is 37.1 Å². The largest absolute Gasteiger partial charge is 0.326 e. The molecule has 0 unspecified atom stereocenters. The molecule has 0 heterocycles. The molecular weight excluding hydrogens is 402 g/mol. The molecule has 0 aliphatic heterocycles. The molecule has 7 nitrogen and oxygen atoms in total. The minimum Gasteiger partial charge on any atom is -0.326 e. The molecule has 30 heavy (non-hydrogen) atoms. The molecule has 3 rings (SSSR count). The highest BCUT2D eigenvalue weighted by Gasteiger charge is 2.33. The zero-order valence-electron chi connectivity index (χ0n) is 17.0. The van der Waals surface area contributed by atoms with Crippen LogP contribution < -0.4 is 10.6 Å². The van der Waals surface area contributed by atoms with Crippen molar-refractivity contribution in [2.75, 3.05) is 17.2 Å². The van der Waals surface area contributed by atoms with Gasteiger partial charge in [-0.05, 0) is 43.2 Å².